The number of nitrogens with zero attached hydrogens (tertiary/aromatic N) is 1. The van der Waals surface area contributed by atoms with Gasteiger partial charge in [-0.1, -0.05) is 31.7 Å². The van der Waals surface area contributed by atoms with E-state index in [9.17, 15) is 8.42 Å². The van der Waals surface area contributed by atoms with Gasteiger partial charge in [0.25, 0.3) is 0 Å². The van der Waals surface area contributed by atoms with Gasteiger partial charge in [-0.05, 0) is 37.5 Å². The smallest absolute Gasteiger partial charge is 0.240 e. The maximum Gasteiger partial charge on any atom is 0.240 e. The zero-order valence-corrected chi connectivity index (χ0v) is 14.5. The molecule has 0 bridgehead atoms. The Hall–Kier alpha value is -1.42. The van der Waals surface area contributed by atoms with Crippen LogP contribution in [0.4, 0.5) is 0 Å². The molecule has 1 aliphatic carbocycles. The Bertz CT molecular complexity index is 657. The topological polar surface area (TPSA) is 82.0 Å². The molecule has 2 rings (SSSR count). The summed E-state index contributed by atoms with van der Waals surface area (Å²) in [5.41, 5.74) is 1.00. The highest BCUT2D eigenvalue weighted by molar-refractivity contribution is 7.89. The number of sulfonamides is 1. The third-order valence-electron chi connectivity index (χ3n) is 4.31. The van der Waals surface area contributed by atoms with Gasteiger partial charge in [-0.15, -0.1) is 0 Å². The Morgan fingerprint density at radius 2 is 1.87 bits per heavy atom. The molecular formula is C17H25N3O2S. The van der Waals surface area contributed by atoms with Crippen molar-refractivity contribution in [2.24, 2.45) is 0 Å². The van der Waals surface area contributed by atoms with Crippen LogP contribution in [0.2, 0.25) is 0 Å². The zero-order chi connectivity index (χ0) is 16.7. The lowest BCUT2D eigenvalue weighted by Crippen LogP contribution is -2.37. The van der Waals surface area contributed by atoms with Crippen LogP contribution in [-0.4, -0.2) is 27.5 Å². The summed E-state index contributed by atoms with van der Waals surface area (Å²) in [6.07, 6.45) is 7.47. The summed E-state index contributed by atoms with van der Waals surface area (Å²) in [5, 5.41) is 12.4. The van der Waals surface area contributed by atoms with Crippen LogP contribution in [0, 0.1) is 18.3 Å². The quantitative estimate of drug-likeness (QED) is 0.618. The Morgan fingerprint density at radius 1 is 1.17 bits per heavy atom. The minimum atomic E-state index is -3.57. The second-order valence-electron chi connectivity index (χ2n) is 6.13. The number of hydrogen-bond acceptors (Lipinski definition) is 4. The maximum absolute atomic E-state index is 12.4. The van der Waals surface area contributed by atoms with Crippen molar-refractivity contribution >= 4 is 10.0 Å². The molecule has 0 saturated heterocycles. The summed E-state index contributed by atoms with van der Waals surface area (Å²) in [5.74, 6) is 0. The minimum Gasteiger partial charge on any atom is -0.313 e. The summed E-state index contributed by atoms with van der Waals surface area (Å²) in [7, 11) is -3.57. The van der Waals surface area contributed by atoms with Crippen molar-refractivity contribution in [2.45, 2.75) is 56.4 Å². The number of benzene rings is 1. The van der Waals surface area contributed by atoms with Crippen molar-refractivity contribution < 1.29 is 8.42 Å². The molecule has 0 amide bonds. The van der Waals surface area contributed by atoms with Crippen LogP contribution in [0.3, 0.4) is 0 Å². The van der Waals surface area contributed by atoms with Crippen LogP contribution in [0.5, 0.6) is 0 Å². The number of hydrogen-bond donors (Lipinski definition) is 2. The second-order valence-corrected chi connectivity index (χ2v) is 7.87. The van der Waals surface area contributed by atoms with Crippen molar-refractivity contribution in [3.05, 3.63) is 29.3 Å². The summed E-state index contributed by atoms with van der Waals surface area (Å²) in [6, 6.07) is 7.20. The molecule has 1 aliphatic rings. The maximum atomic E-state index is 12.4. The fourth-order valence-electron chi connectivity index (χ4n) is 2.98. The highest BCUT2D eigenvalue weighted by atomic mass is 32.2. The van der Waals surface area contributed by atoms with Crippen LogP contribution in [0.1, 0.15) is 49.7 Å². The average molecular weight is 335 g/mol. The number of aryl methyl sites for hydroxylation is 1. The van der Waals surface area contributed by atoms with Crippen molar-refractivity contribution in [3.63, 3.8) is 0 Å². The van der Waals surface area contributed by atoms with Crippen LogP contribution < -0.4 is 10.0 Å². The van der Waals surface area contributed by atoms with Crippen molar-refractivity contribution in [2.75, 3.05) is 13.1 Å². The van der Waals surface area contributed by atoms with Gasteiger partial charge in [-0.2, -0.15) is 5.26 Å². The number of nitriles is 1. The third-order valence-corrected chi connectivity index (χ3v) is 5.92. The van der Waals surface area contributed by atoms with Gasteiger partial charge >= 0.3 is 0 Å². The van der Waals surface area contributed by atoms with Gasteiger partial charge in [0.15, 0.2) is 0 Å². The molecule has 1 saturated carbocycles. The van der Waals surface area contributed by atoms with Gasteiger partial charge in [0, 0.05) is 19.1 Å². The number of rotatable bonds is 6. The van der Waals surface area contributed by atoms with Crippen LogP contribution >= 0.6 is 0 Å². The van der Waals surface area contributed by atoms with Gasteiger partial charge in [-0.3, -0.25) is 0 Å². The second kappa shape index (κ2) is 8.44. The predicted molar refractivity (Wildman–Crippen MR) is 90.6 cm³/mol. The molecule has 6 heteroatoms. The summed E-state index contributed by atoms with van der Waals surface area (Å²) in [6.45, 7) is 2.72. The Labute approximate surface area is 139 Å². The van der Waals surface area contributed by atoms with E-state index in [1.165, 1.54) is 44.6 Å². The lowest BCUT2D eigenvalue weighted by atomic mass is 10.1. The molecule has 2 N–H and O–H groups in total. The first-order valence-corrected chi connectivity index (χ1v) is 9.75. The molecule has 5 nitrogen and oxygen atoms in total. The first-order chi connectivity index (χ1) is 11.0. The summed E-state index contributed by atoms with van der Waals surface area (Å²) < 4.78 is 27.4. The van der Waals surface area contributed by atoms with Crippen LogP contribution in [0.25, 0.3) is 0 Å². The first kappa shape index (κ1) is 17.9. The van der Waals surface area contributed by atoms with E-state index < -0.39 is 10.0 Å². The van der Waals surface area contributed by atoms with Gasteiger partial charge in [-0.25, -0.2) is 13.1 Å². The fraction of sp³-hybridized carbons (Fsp3) is 0.588. The summed E-state index contributed by atoms with van der Waals surface area (Å²) in [4.78, 5) is 0.186. The highest BCUT2D eigenvalue weighted by Crippen LogP contribution is 2.17. The molecule has 0 radical (unpaired) electrons. The standard InChI is InChI=1S/C17H25N3O2S/c1-14-8-9-15(13-18)12-17(14)23(21,22)20-11-10-19-16-6-4-2-3-5-7-16/h8-9,12,16,19-20H,2-7,10-11H2,1H3. The molecule has 0 unspecified atom stereocenters. The molecule has 23 heavy (non-hydrogen) atoms. The molecule has 1 fully saturated rings. The van der Waals surface area contributed by atoms with E-state index in [0.717, 1.165) is 0 Å². The van der Waals surface area contributed by atoms with Crippen molar-refractivity contribution in [1.82, 2.24) is 10.0 Å². The highest BCUT2D eigenvalue weighted by Gasteiger charge is 2.17. The van der Waals surface area contributed by atoms with E-state index in [4.69, 9.17) is 5.26 Å². The average Bonchev–Trinajstić information content (AvgIpc) is 2.80. The molecule has 126 valence electrons. The molecule has 0 spiro atoms. The van der Waals surface area contributed by atoms with Gasteiger partial charge in [0.1, 0.15) is 0 Å². The van der Waals surface area contributed by atoms with Crippen molar-refractivity contribution in [1.29, 1.82) is 5.26 Å². The molecule has 0 atom stereocenters. The van der Waals surface area contributed by atoms with Crippen molar-refractivity contribution in [3.8, 4) is 6.07 Å². The Kier molecular flexibility index (Phi) is 6.58. The van der Waals surface area contributed by atoms with Crippen LogP contribution in [-0.2, 0) is 10.0 Å². The van der Waals surface area contributed by atoms with E-state index >= 15 is 0 Å². The monoisotopic (exact) mass is 335 g/mol. The van der Waals surface area contributed by atoms with E-state index in [0.29, 0.717) is 30.3 Å². The SMILES string of the molecule is Cc1ccc(C#N)cc1S(=O)(=O)NCCNC1CCCCCC1. The third kappa shape index (κ3) is 5.31. The van der Waals surface area contributed by atoms with Gasteiger partial charge < -0.3 is 5.32 Å². The summed E-state index contributed by atoms with van der Waals surface area (Å²) >= 11 is 0. The lowest BCUT2D eigenvalue weighted by Gasteiger charge is -2.16. The lowest BCUT2D eigenvalue weighted by molar-refractivity contribution is 0.461. The molecular weight excluding hydrogens is 310 g/mol. The van der Waals surface area contributed by atoms with E-state index in [1.54, 1.807) is 19.1 Å². The van der Waals surface area contributed by atoms with E-state index in [-0.39, 0.29) is 4.90 Å². The number of nitrogens with one attached hydrogen (secondary N) is 2. The van der Waals surface area contributed by atoms with Gasteiger partial charge in [0.05, 0.1) is 16.5 Å². The largest absolute Gasteiger partial charge is 0.313 e. The molecule has 0 aliphatic heterocycles. The minimum absolute atomic E-state index is 0.186. The predicted octanol–water partition coefficient (Wildman–Crippen LogP) is 2.46. The van der Waals surface area contributed by atoms with E-state index in [1.807, 2.05) is 6.07 Å². The first-order valence-electron chi connectivity index (χ1n) is 8.27. The fourth-order valence-corrected chi connectivity index (χ4v) is 4.28. The van der Waals surface area contributed by atoms with E-state index in [2.05, 4.69) is 10.0 Å². The Balaban J connectivity index is 1.88. The molecule has 0 heterocycles. The normalized spacial score (nSPS) is 16.7. The molecule has 0 aromatic heterocycles. The molecule has 1 aromatic carbocycles. The molecule has 1 aromatic rings. The van der Waals surface area contributed by atoms with Gasteiger partial charge in [0.2, 0.25) is 10.0 Å². The van der Waals surface area contributed by atoms with Crippen LogP contribution in [0.15, 0.2) is 23.1 Å². The zero-order valence-electron chi connectivity index (χ0n) is 13.6. The Morgan fingerprint density at radius 3 is 2.52 bits per heavy atom.